The minimum Gasteiger partial charge on any atom is -0.358 e. The fourth-order valence-electron chi connectivity index (χ4n) is 4.77. The summed E-state index contributed by atoms with van der Waals surface area (Å²) in [4.78, 5) is 42.2. The van der Waals surface area contributed by atoms with E-state index < -0.39 is 6.04 Å². The van der Waals surface area contributed by atoms with Gasteiger partial charge in [0.2, 0.25) is 5.91 Å². The van der Waals surface area contributed by atoms with Gasteiger partial charge in [-0.3, -0.25) is 14.5 Å². The number of benzene rings is 1. The molecule has 1 aliphatic heterocycles. The van der Waals surface area contributed by atoms with Gasteiger partial charge in [-0.2, -0.15) is 0 Å². The van der Waals surface area contributed by atoms with Gasteiger partial charge in [0, 0.05) is 29.2 Å². The van der Waals surface area contributed by atoms with Gasteiger partial charge < -0.3 is 15.6 Å². The topological polar surface area (TPSA) is 94.3 Å². The Bertz CT molecular complexity index is 974. The fraction of sp³-hybridized carbons (Fsp3) is 0.522. The summed E-state index contributed by atoms with van der Waals surface area (Å²) in [5, 5.41) is 6.79. The van der Waals surface area contributed by atoms with Gasteiger partial charge >= 0.3 is 6.03 Å². The van der Waals surface area contributed by atoms with Crippen molar-refractivity contribution in [3.8, 4) is 0 Å². The lowest BCUT2D eigenvalue weighted by Gasteiger charge is -2.28. The van der Waals surface area contributed by atoms with E-state index in [1.54, 1.807) is 0 Å². The van der Waals surface area contributed by atoms with Crippen LogP contribution in [0.1, 0.15) is 55.3 Å². The fourth-order valence-corrected chi connectivity index (χ4v) is 4.77. The average Bonchev–Trinajstić information content (AvgIpc) is 3.17. The van der Waals surface area contributed by atoms with Gasteiger partial charge in [-0.1, -0.05) is 30.9 Å². The summed E-state index contributed by atoms with van der Waals surface area (Å²) in [6.45, 7) is 4.59. The number of carbonyl (C=O) groups excluding carboxylic acids is 3. The van der Waals surface area contributed by atoms with E-state index in [-0.39, 0.29) is 30.3 Å². The lowest BCUT2D eigenvalue weighted by Crippen LogP contribution is -2.42. The molecule has 30 heavy (non-hydrogen) atoms. The number of nitrogens with zero attached hydrogens (tertiary/aromatic N) is 1. The van der Waals surface area contributed by atoms with E-state index in [4.69, 9.17) is 0 Å². The van der Waals surface area contributed by atoms with Crippen molar-refractivity contribution in [1.29, 1.82) is 0 Å². The molecule has 3 N–H and O–H groups in total. The molecule has 2 fully saturated rings. The predicted molar refractivity (Wildman–Crippen MR) is 115 cm³/mol. The smallest absolute Gasteiger partial charge is 0.325 e. The third-order valence-electron chi connectivity index (χ3n) is 6.35. The minimum atomic E-state index is -0.753. The van der Waals surface area contributed by atoms with Gasteiger partial charge in [-0.15, -0.1) is 0 Å². The molecule has 160 valence electrons. The van der Waals surface area contributed by atoms with Crippen LogP contribution < -0.4 is 10.6 Å². The molecular formula is C23H30N4O3. The Morgan fingerprint density at radius 3 is 2.70 bits per heavy atom. The summed E-state index contributed by atoms with van der Waals surface area (Å²) in [7, 11) is 0. The number of amides is 4. The number of rotatable bonds is 6. The number of urea groups is 1. The molecule has 4 amide bonds. The second-order valence-electron chi connectivity index (χ2n) is 8.58. The summed E-state index contributed by atoms with van der Waals surface area (Å²) in [5.41, 5.74) is 4.60. The van der Waals surface area contributed by atoms with Crippen molar-refractivity contribution in [1.82, 2.24) is 20.5 Å². The number of hydrogen-bond donors (Lipinski definition) is 3. The van der Waals surface area contributed by atoms with Crippen molar-refractivity contribution in [2.75, 3.05) is 6.54 Å². The molecule has 1 aromatic heterocycles. The summed E-state index contributed by atoms with van der Waals surface area (Å²) in [6, 6.07) is 5.18. The zero-order valence-corrected chi connectivity index (χ0v) is 17.7. The maximum Gasteiger partial charge on any atom is 0.325 e. The van der Waals surface area contributed by atoms with Gasteiger partial charge in [0.05, 0.1) is 6.42 Å². The van der Waals surface area contributed by atoms with Gasteiger partial charge in [-0.25, -0.2) is 4.79 Å². The van der Waals surface area contributed by atoms with Crippen molar-refractivity contribution in [3.63, 3.8) is 0 Å². The Morgan fingerprint density at radius 1 is 1.17 bits per heavy atom. The molecule has 1 aromatic carbocycles. The van der Waals surface area contributed by atoms with Crippen LogP contribution in [0.15, 0.2) is 18.2 Å². The van der Waals surface area contributed by atoms with Crippen molar-refractivity contribution >= 4 is 28.7 Å². The SMILES string of the molecule is Cc1ccc2[nH]c(C)c(CCNC(=O)CC3NC(=O)N(C4CCCCC4)C3=O)c2c1. The maximum absolute atomic E-state index is 12.7. The highest BCUT2D eigenvalue weighted by atomic mass is 16.2. The van der Waals surface area contributed by atoms with E-state index in [0.29, 0.717) is 13.0 Å². The molecule has 2 aliphatic rings. The van der Waals surface area contributed by atoms with E-state index >= 15 is 0 Å². The summed E-state index contributed by atoms with van der Waals surface area (Å²) in [5.74, 6) is -0.474. The number of hydrogen-bond acceptors (Lipinski definition) is 3. The van der Waals surface area contributed by atoms with Crippen molar-refractivity contribution in [2.24, 2.45) is 0 Å². The minimum absolute atomic E-state index is 0.0141. The molecule has 1 atom stereocenters. The van der Waals surface area contributed by atoms with Crippen LogP contribution in [0, 0.1) is 13.8 Å². The number of nitrogens with one attached hydrogen (secondary N) is 3. The van der Waals surface area contributed by atoms with Crippen molar-refractivity contribution in [3.05, 3.63) is 35.0 Å². The number of carbonyl (C=O) groups is 3. The Hall–Kier alpha value is -2.83. The molecule has 1 unspecified atom stereocenters. The zero-order valence-electron chi connectivity index (χ0n) is 17.7. The van der Waals surface area contributed by atoms with Crippen LogP contribution in [-0.4, -0.2) is 46.4 Å². The summed E-state index contributed by atoms with van der Waals surface area (Å²) >= 11 is 0. The third kappa shape index (κ3) is 4.06. The van der Waals surface area contributed by atoms with Crippen LogP contribution in [0.5, 0.6) is 0 Å². The number of imide groups is 1. The Morgan fingerprint density at radius 2 is 1.93 bits per heavy atom. The van der Waals surface area contributed by atoms with Crippen LogP contribution in [0.2, 0.25) is 0 Å². The van der Waals surface area contributed by atoms with E-state index in [9.17, 15) is 14.4 Å². The molecule has 2 heterocycles. The molecule has 0 spiro atoms. The molecule has 0 radical (unpaired) electrons. The molecule has 1 saturated heterocycles. The molecule has 0 bridgehead atoms. The number of aromatic nitrogens is 1. The quantitative estimate of drug-likeness (QED) is 0.639. The van der Waals surface area contributed by atoms with Crippen molar-refractivity contribution < 1.29 is 14.4 Å². The largest absolute Gasteiger partial charge is 0.358 e. The van der Waals surface area contributed by atoms with Gasteiger partial charge in [0.25, 0.3) is 5.91 Å². The first-order valence-electron chi connectivity index (χ1n) is 10.9. The lowest BCUT2D eigenvalue weighted by atomic mass is 9.94. The highest BCUT2D eigenvalue weighted by molar-refractivity contribution is 6.06. The van der Waals surface area contributed by atoms with Gasteiger partial charge in [-0.05, 0) is 50.8 Å². The van der Waals surface area contributed by atoms with E-state index in [1.165, 1.54) is 21.4 Å². The highest BCUT2D eigenvalue weighted by Crippen LogP contribution is 2.26. The first-order chi connectivity index (χ1) is 14.4. The van der Waals surface area contributed by atoms with E-state index in [0.717, 1.165) is 43.3 Å². The number of H-pyrrole nitrogens is 1. The molecule has 1 aliphatic carbocycles. The second kappa shape index (κ2) is 8.50. The number of fused-ring (bicyclic) bond motifs is 1. The van der Waals surface area contributed by atoms with E-state index in [2.05, 4.69) is 40.7 Å². The van der Waals surface area contributed by atoms with Gasteiger partial charge in [0.15, 0.2) is 0 Å². The summed E-state index contributed by atoms with van der Waals surface area (Å²) in [6.07, 6.45) is 5.66. The molecule has 2 aromatic rings. The number of aromatic amines is 1. The molecule has 1 saturated carbocycles. The van der Waals surface area contributed by atoms with E-state index in [1.807, 2.05) is 6.92 Å². The van der Waals surface area contributed by atoms with Crippen LogP contribution in [0.4, 0.5) is 4.79 Å². The van der Waals surface area contributed by atoms with Crippen LogP contribution in [0.25, 0.3) is 10.9 Å². The standard InChI is InChI=1S/C23H30N4O3/c1-14-8-9-19-18(12-14)17(15(2)25-19)10-11-24-21(28)13-20-22(29)27(23(30)26-20)16-6-4-3-5-7-16/h8-9,12,16,20,25H,3-7,10-11,13H2,1-2H3,(H,24,28)(H,26,30). The van der Waals surface area contributed by atoms with Crippen LogP contribution in [0.3, 0.4) is 0 Å². The molecular weight excluding hydrogens is 380 g/mol. The van der Waals surface area contributed by atoms with Gasteiger partial charge in [0.1, 0.15) is 6.04 Å². The molecule has 4 rings (SSSR count). The van der Waals surface area contributed by atoms with Crippen LogP contribution >= 0.6 is 0 Å². The lowest BCUT2D eigenvalue weighted by molar-refractivity contribution is -0.132. The predicted octanol–water partition coefficient (Wildman–Crippen LogP) is 3.09. The zero-order chi connectivity index (χ0) is 21.3. The summed E-state index contributed by atoms with van der Waals surface area (Å²) < 4.78 is 0. The first kappa shape index (κ1) is 20.4. The normalized spacial score (nSPS) is 20.1. The first-order valence-corrected chi connectivity index (χ1v) is 10.9. The monoisotopic (exact) mass is 410 g/mol. The Balaban J connectivity index is 1.31. The van der Waals surface area contributed by atoms with Crippen molar-refractivity contribution in [2.45, 2.75) is 70.9 Å². The second-order valence-corrected chi connectivity index (χ2v) is 8.58. The third-order valence-corrected chi connectivity index (χ3v) is 6.35. The maximum atomic E-state index is 12.7. The Labute approximate surface area is 176 Å². The average molecular weight is 411 g/mol. The highest BCUT2D eigenvalue weighted by Gasteiger charge is 2.42. The molecule has 7 heteroatoms. The number of aryl methyl sites for hydroxylation is 2. The molecule has 7 nitrogen and oxygen atoms in total. The Kier molecular flexibility index (Phi) is 5.79. The van der Waals surface area contributed by atoms with Crippen LogP contribution in [-0.2, 0) is 16.0 Å².